The minimum atomic E-state index is -1.04. The second-order valence-electron chi connectivity index (χ2n) is 3.70. The number of carboxylic acids is 1. The Kier molecular flexibility index (Phi) is 3.53. The molecule has 0 atom stereocenters. The lowest BCUT2D eigenvalue weighted by molar-refractivity contribution is 0.0697. The Morgan fingerprint density at radius 1 is 1.22 bits per heavy atom. The first-order valence-corrected chi connectivity index (χ1v) is 5.67. The van der Waals surface area contributed by atoms with Gasteiger partial charge in [0.15, 0.2) is 0 Å². The highest BCUT2D eigenvalue weighted by Crippen LogP contribution is 2.32. The molecule has 0 aliphatic carbocycles. The van der Waals surface area contributed by atoms with E-state index in [4.69, 9.17) is 21.4 Å². The number of para-hydroxylation sites is 1. The molecule has 0 bridgehead atoms. The SMILES string of the molecule is COc1ccccc1-c1ccc(C(=O)O)c(Cl)c1. The van der Waals surface area contributed by atoms with Crippen LogP contribution in [0.15, 0.2) is 42.5 Å². The Hall–Kier alpha value is -2.00. The number of hydrogen-bond acceptors (Lipinski definition) is 2. The summed E-state index contributed by atoms with van der Waals surface area (Å²) in [7, 11) is 1.59. The summed E-state index contributed by atoms with van der Waals surface area (Å²) in [6, 6.07) is 12.3. The van der Waals surface area contributed by atoms with Crippen molar-refractivity contribution in [1.29, 1.82) is 0 Å². The lowest BCUT2D eigenvalue weighted by atomic mass is 10.0. The zero-order valence-electron chi connectivity index (χ0n) is 9.68. The highest BCUT2D eigenvalue weighted by Gasteiger charge is 2.11. The molecular weight excluding hydrogens is 252 g/mol. The third-order valence-electron chi connectivity index (χ3n) is 2.62. The molecule has 2 aromatic carbocycles. The molecule has 3 nitrogen and oxygen atoms in total. The fourth-order valence-electron chi connectivity index (χ4n) is 1.74. The van der Waals surface area contributed by atoms with E-state index in [2.05, 4.69) is 0 Å². The van der Waals surface area contributed by atoms with Crippen molar-refractivity contribution in [3.05, 3.63) is 53.1 Å². The number of carboxylic acid groups (broad SMARTS) is 1. The minimum Gasteiger partial charge on any atom is -0.496 e. The molecule has 4 heteroatoms. The van der Waals surface area contributed by atoms with Crippen molar-refractivity contribution in [2.45, 2.75) is 0 Å². The Balaban J connectivity index is 2.52. The van der Waals surface area contributed by atoms with Gasteiger partial charge in [0.1, 0.15) is 5.75 Å². The average molecular weight is 263 g/mol. The van der Waals surface area contributed by atoms with Gasteiger partial charge in [0.05, 0.1) is 17.7 Å². The predicted molar refractivity (Wildman–Crippen MR) is 70.4 cm³/mol. The lowest BCUT2D eigenvalue weighted by Gasteiger charge is -2.09. The molecule has 0 aliphatic heterocycles. The molecule has 0 spiro atoms. The van der Waals surface area contributed by atoms with Crippen LogP contribution in [0.5, 0.6) is 5.75 Å². The van der Waals surface area contributed by atoms with Gasteiger partial charge in [-0.05, 0) is 23.8 Å². The van der Waals surface area contributed by atoms with E-state index in [1.54, 1.807) is 19.2 Å². The van der Waals surface area contributed by atoms with E-state index in [1.165, 1.54) is 6.07 Å². The largest absolute Gasteiger partial charge is 0.496 e. The zero-order valence-corrected chi connectivity index (χ0v) is 10.4. The van der Waals surface area contributed by atoms with Crippen LogP contribution < -0.4 is 4.74 Å². The normalized spacial score (nSPS) is 10.1. The van der Waals surface area contributed by atoms with Crippen LogP contribution in [0, 0.1) is 0 Å². The van der Waals surface area contributed by atoms with Crippen LogP contribution in [-0.4, -0.2) is 18.2 Å². The maximum atomic E-state index is 10.9. The summed E-state index contributed by atoms with van der Waals surface area (Å²) in [5.74, 6) is -0.316. The highest BCUT2D eigenvalue weighted by molar-refractivity contribution is 6.33. The summed E-state index contributed by atoms with van der Waals surface area (Å²) in [5.41, 5.74) is 1.79. The van der Waals surface area contributed by atoms with E-state index in [0.717, 1.165) is 16.9 Å². The summed E-state index contributed by atoms with van der Waals surface area (Å²) in [6.07, 6.45) is 0. The van der Waals surface area contributed by atoms with Gasteiger partial charge in [-0.3, -0.25) is 0 Å². The van der Waals surface area contributed by atoms with Crippen molar-refractivity contribution in [2.24, 2.45) is 0 Å². The van der Waals surface area contributed by atoms with Crippen LogP contribution in [0.4, 0.5) is 0 Å². The topological polar surface area (TPSA) is 46.5 Å². The fourth-order valence-corrected chi connectivity index (χ4v) is 2.00. The first-order valence-electron chi connectivity index (χ1n) is 5.29. The molecule has 0 saturated carbocycles. The van der Waals surface area contributed by atoms with Gasteiger partial charge in [-0.15, -0.1) is 0 Å². The first kappa shape index (κ1) is 12.5. The van der Waals surface area contributed by atoms with Gasteiger partial charge in [0, 0.05) is 5.56 Å². The van der Waals surface area contributed by atoms with Gasteiger partial charge in [-0.2, -0.15) is 0 Å². The summed E-state index contributed by atoms with van der Waals surface area (Å²) in [6.45, 7) is 0. The maximum Gasteiger partial charge on any atom is 0.337 e. The van der Waals surface area contributed by atoms with Crippen LogP contribution in [0.1, 0.15) is 10.4 Å². The molecule has 0 fully saturated rings. The molecule has 0 radical (unpaired) electrons. The summed E-state index contributed by atoms with van der Waals surface area (Å²) >= 11 is 5.95. The molecule has 18 heavy (non-hydrogen) atoms. The molecule has 2 rings (SSSR count). The molecule has 0 aromatic heterocycles. The van der Waals surface area contributed by atoms with E-state index in [1.807, 2.05) is 24.3 Å². The molecule has 0 saturated heterocycles. The molecule has 0 aliphatic rings. The second-order valence-corrected chi connectivity index (χ2v) is 4.11. The standard InChI is InChI=1S/C14H11ClO3/c1-18-13-5-3-2-4-10(13)9-6-7-11(14(16)17)12(15)8-9/h2-8H,1H3,(H,16,17). The van der Waals surface area contributed by atoms with Crippen molar-refractivity contribution in [2.75, 3.05) is 7.11 Å². The molecule has 0 unspecified atom stereocenters. The number of halogens is 1. The fraction of sp³-hybridized carbons (Fsp3) is 0.0714. The van der Waals surface area contributed by atoms with Gasteiger partial charge < -0.3 is 9.84 Å². The Morgan fingerprint density at radius 3 is 2.56 bits per heavy atom. The van der Waals surface area contributed by atoms with E-state index in [-0.39, 0.29) is 10.6 Å². The smallest absolute Gasteiger partial charge is 0.337 e. The number of benzene rings is 2. The van der Waals surface area contributed by atoms with Gasteiger partial charge in [-0.25, -0.2) is 4.79 Å². The number of aromatic carboxylic acids is 1. The van der Waals surface area contributed by atoms with Crippen LogP contribution in [0.2, 0.25) is 5.02 Å². The van der Waals surface area contributed by atoms with Crippen LogP contribution in [-0.2, 0) is 0 Å². The third-order valence-corrected chi connectivity index (χ3v) is 2.93. The lowest BCUT2D eigenvalue weighted by Crippen LogP contribution is -1.97. The van der Waals surface area contributed by atoms with E-state index in [9.17, 15) is 4.79 Å². The molecular formula is C14H11ClO3. The van der Waals surface area contributed by atoms with Crippen LogP contribution in [0.25, 0.3) is 11.1 Å². The average Bonchev–Trinajstić information content (AvgIpc) is 2.38. The second kappa shape index (κ2) is 5.10. The van der Waals surface area contributed by atoms with E-state index >= 15 is 0 Å². The maximum absolute atomic E-state index is 10.9. The van der Waals surface area contributed by atoms with Gasteiger partial charge in [-0.1, -0.05) is 35.9 Å². The number of rotatable bonds is 3. The minimum absolute atomic E-state index is 0.0929. The molecule has 92 valence electrons. The molecule has 2 aromatic rings. The molecule has 1 N–H and O–H groups in total. The summed E-state index contributed by atoms with van der Waals surface area (Å²) < 4.78 is 5.26. The van der Waals surface area contributed by atoms with Gasteiger partial charge >= 0.3 is 5.97 Å². The van der Waals surface area contributed by atoms with E-state index < -0.39 is 5.97 Å². The zero-order chi connectivity index (χ0) is 13.1. The Bertz CT molecular complexity index is 593. The summed E-state index contributed by atoms with van der Waals surface area (Å²) in [5, 5.41) is 9.13. The third kappa shape index (κ3) is 2.31. The highest BCUT2D eigenvalue weighted by atomic mass is 35.5. The van der Waals surface area contributed by atoms with Crippen molar-refractivity contribution in [3.8, 4) is 16.9 Å². The Morgan fingerprint density at radius 2 is 1.94 bits per heavy atom. The molecule has 0 heterocycles. The predicted octanol–water partition coefficient (Wildman–Crippen LogP) is 3.71. The van der Waals surface area contributed by atoms with Crippen molar-refractivity contribution in [1.82, 2.24) is 0 Å². The van der Waals surface area contributed by atoms with Crippen LogP contribution >= 0.6 is 11.6 Å². The quantitative estimate of drug-likeness (QED) is 0.917. The monoisotopic (exact) mass is 262 g/mol. The van der Waals surface area contributed by atoms with Crippen molar-refractivity contribution >= 4 is 17.6 Å². The Labute approximate surface area is 110 Å². The molecule has 0 amide bonds. The van der Waals surface area contributed by atoms with Gasteiger partial charge in [0.2, 0.25) is 0 Å². The number of ether oxygens (including phenoxy) is 1. The van der Waals surface area contributed by atoms with Gasteiger partial charge in [0.25, 0.3) is 0 Å². The first-order chi connectivity index (χ1) is 8.63. The van der Waals surface area contributed by atoms with Crippen molar-refractivity contribution < 1.29 is 14.6 Å². The number of carbonyl (C=O) groups is 1. The summed E-state index contributed by atoms with van der Waals surface area (Å²) in [4.78, 5) is 10.9. The number of methoxy groups -OCH3 is 1. The van der Waals surface area contributed by atoms with Crippen molar-refractivity contribution in [3.63, 3.8) is 0 Å². The van der Waals surface area contributed by atoms with Crippen LogP contribution in [0.3, 0.4) is 0 Å². The van der Waals surface area contributed by atoms with E-state index in [0.29, 0.717) is 0 Å². The number of hydrogen-bond donors (Lipinski definition) is 1.